The minimum absolute atomic E-state index is 0.199. The van der Waals surface area contributed by atoms with E-state index in [2.05, 4.69) is 10.3 Å². The zero-order chi connectivity index (χ0) is 19.0. The topological polar surface area (TPSA) is 97.8 Å². The number of rotatable bonds is 4. The van der Waals surface area contributed by atoms with Gasteiger partial charge < -0.3 is 14.8 Å². The molecule has 0 saturated carbocycles. The lowest BCUT2D eigenvalue weighted by atomic mass is 9.99. The van der Waals surface area contributed by atoms with Crippen molar-refractivity contribution in [3.63, 3.8) is 0 Å². The molecule has 8 nitrogen and oxygen atoms in total. The monoisotopic (exact) mass is 409 g/mol. The molecule has 1 saturated heterocycles. The first kappa shape index (κ1) is 18.2. The summed E-state index contributed by atoms with van der Waals surface area (Å²) in [7, 11) is -3.28. The third-order valence-corrected chi connectivity index (χ3v) is 6.65. The number of carbonyl (C=O) groups is 1. The lowest BCUT2D eigenvalue weighted by molar-refractivity contribution is -0.120. The van der Waals surface area contributed by atoms with Gasteiger partial charge in [0.05, 0.1) is 17.9 Å². The van der Waals surface area contributed by atoms with Crippen LogP contribution in [0.15, 0.2) is 23.6 Å². The Bertz CT molecular complexity index is 973. The average molecular weight is 409 g/mol. The molecule has 0 radical (unpaired) electrons. The summed E-state index contributed by atoms with van der Waals surface area (Å²) in [6.07, 6.45) is 2.51. The van der Waals surface area contributed by atoms with Gasteiger partial charge in [0.2, 0.25) is 22.7 Å². The third-order valence-electron chi connectivity index (χ3n) is 4.63. The van der Waals surface area contributed by atoms with E-state index in [4.69, 9.17) is 9.47 Å². The quantitative estimate of drug-likeness (QED) is 0.831. The van der Waals surface area contributed by atoms with Gasteiger partial charge in [-0.05, 0) is 31.0 Å². The van der Waals surface area contributed by atoms with E-state index in [1.807, 2.05) is 23.6 Å². The van der Waals surface area contributed by atoms with E-state index in [0.717, 1.165) is 11.3 Å². The second kappa shape index (κ2) is 7.10. The predicted molar refractivity (Wildman–Crippen MR) is 101 cm³/mol. The molecule has 10 heteroatoms. The summed E-state index contributed by atoms with van der Waals surface area (Å²) < 4.78 is 35.5. The number of hydrogen-bond donors (Lipinski definition) is 1. The van der Waals surface area contributed by atoms with Gasteiger partial charge >= 0.3 is 0 Å². The molecule has 1 N–H and O–H groups in total. The first-order chi connectivity index (χ1) is 12.9. The second-order valence-electron chi connectivity index (χ2n) is 6.56. The van der Waals surface area contributed by atoms with Crippen LogP contribution >= 0.6 is 11.3 Å². The van der Waals surface area contributed by atoms with Crippen molar-refractivity contribution in [2.24, 2.45) is 5.92 Å². The molecular formula is C17H19N3O5S2. The van der Waals surface area contributed by atoms with Crippen molar-refractivity contribution in [3.8, 4) is 22.8 Å². The van der Waals surface area contributed by atoms with Crippen molar-refractivity contribution < 1.29 is 22.7 Å². The van der Waals surface area contributed by atoms with Crippen molar-refractivity contribution in [1.29, 1.82) is 0 Å². The number of amides is 1. The van der Waals surface area contributed by atoms with Crippen LogP contribution in [0.3, 0.4) is 0 Å². The van der Waals surface area contributed by atoms with E-state index in [0.29, 0.717) is 36.0 Å². The molecular weight excluding hydrogens is 390 g/mol. The molecule has 2 aliphatic heterocycles. The highest BCUT2D eigenvalue weighted by molar-refractivity contribution is 7.88. The van der Waals surface area contributed by atoms with Crippen molar-refractivity contribution in [3.05, 3.63) is 23.6 Å². The predicted octanol–water partition coefficient (Wildman–Crippen LogP) is 2.15. The lowest BCUT2D eigenvalue weighted by Gasteiger charge is -2.29. The fourth-order valence-corrected chi connectivity index (χ4v) is 4.82. The van der Waals surface area contributed by atoms with Crippen LogP contribution in [0.25, 0.3) is 11.3 Å². The van der Waals surface area contributed by atoms with Crippen LogP contribution in [0.4, 0.5) is 5.13 Å². The summed E-state index contributed by atoms with van der Waals surface area (Å²) in [4.78, 5) is 17.0. The van der Waals surface area contributed by atoms with E-state index in [1.54, 1.807) is 0 Å². The van der Waals surface area contributed by atoms with Crippen LogP contribution in [0.1, 0.15) is 12.8 Å². The standard InChI is InChI=1S/C17H19N3O5S2/c1-27(22,23)20-6-2-3-12(8-20)16(21)19-17-18-13(9-26-17)11-4-5-14-15(7-11)25-10-24-14/h4-5,7,9,12H,2-3,6,8,10H2,1H3,(H,18,19,21). The molecule has 1 amide bonds. The van der Waals surface area contributed by atoms with E-state index in [1.165, 1.54) is 21.9 Å². The molecule has 2 aromatic rings. The van der Waals surface area contributed by atoms with E-state index in [-0.39, 0.29) is 25.2 Å². The summed E-state index contributed by atoms with van der Waals surface area (Å²) in [5.41, 5.74) is 1.60. The van der Waals surface area contributed by atoms with Crippen LogP contribution in [0.2, 0.25) is 0 Å². The van der Waals surface area contributed by atoms with Gasteiger partial charge in [-0.2, -0.15) is 0 Å². The fourth-order valence-electron chi connectivity index (χ4n) is 3.18. The molecule has 1 atom stereocenters. The maximum atomic E-state index is 12.5. The van der Waals surface area contributed by atoms with E-state index < -0.39 is 10.0 Å². The number of nitrogens with one attached hydrogen (secondary N) is 1. The SMILES string of the molecule is CS(=O)(=O)N1CCCC(C(=O)Nc2nc(-c3ccc4c(c3)OCO4)cs2)C1. The zero-order valence-corrected chi connectivity index (χ0v) is 16.3. The Kier molecular flexibility index (Phi) is 4.79. The van der Waals surface area contributed by atoms with Crippen LogP contribution in [0.5, 0.6) is 11.5 Å². The van der Waals surface area contributed by atoms with Gasteiger partial charge in [-0.3, -0.25) is 4.79 Å². The Balaban J connectivity index is 1.44. The summed E-state index contributed by atoms with van der Waals surface area (Å²) in [6.45, 7) is 0.891. The number of hydrogen-bond acceptors (Lipinski definition) is 7. The zero-order valence-electron chi connectivity index (χ0n) is 14.7. The normalized spacial score (nSPS) is 19.8. The molecule has 3 heterocycles. The Labute approximate surface area is 161 Å². The van der Waals surface area contributed by atoms with E-state index >= 15 is 0 Å². The molecule has 2 aliphatic rings. The lowest BCUT2D eigenvalue weighted by Crippen LogP contribution is -2.43. The molecule has 27 heavy (non-hydrogen) atoms. The number of ether oxygens (including phenoxy) is 2. The maximum Gasteiger partial charge on any atom is 0.231 e. The number of piperidine rings is 1. The number of fused-ring (bicyclic) bond motifs is 1. The highest BCUT2D eigenvalue weighted by atomic mass is 32.2. The number of aromatic nitrogens is 1. The summed E-state index contributed by atoms with van der Waals surface area (Å²) in [5, 5.41) is 5.17. The molecule has 0 spiro atoms. The first-order valence-electron chi connectivity index (χ1n) is 8.52. The summed E-state index contributed by atoms with van der Waals surface area (Å²) in [5.74, 6) is 0.811. The van der Waals surface area contributed by atoms with Gasteiger partial charge in [-0.25, -0.2) is 17.7 Å². The molecule has 0 aliphatic carbocycles. The molecule has 1 aromatic heterocycles. The molecule has 1 unspecified atom stereocenters. The van der Waals surface area contributed by atoms with Gasteiger partial charge in [0.15, 0.2) is 16.6 Å². The van der Waals surface area contributed by atoms with Crippen molar-refractivity contribution in [2.75, 3.05) is 31.5 Å². The number of anilines is 1. The minimum Gasteiger partial charge on any atom is -0.454 e. The smallest absolute Gasteiger partial charge is 0.231 e. The van der Waals surface area contributed by atoms with Gasteiger partial charge in [-0.15, -0.1) is 11.3 Å². The Morgan fingerprint density at radius 1 is 1.33 bits per heavy atom. The minimum atomic E-state index is -3.28. The number of nitrogens with zero attached hydrogens (tertiary/aromatic N) is 2. The highest BCUT2D eigenvalue weighted by Gasteiger charge is 2.30. The maximum absolute atomic E-state index is 12.5. The highest BCUT2D eigenvalue weighted by Crippen LogP contribution is 2.36. The van der Waals surface area contributed by atoms with Crippen LogP contribution in [-0.2, 0) is 14.8 Å². The second-order valence-corrected chi connectivity index (χ2v) is 9.40. The van der Waals surface area contributed by atoms with Crippen LogP contribution in [0, 0.1) is 5.92 Å². The molecule has 0 bridgehead atoms. The fraction of sp³-hybridized carbons (Fsp3) is 0.412. The number of thiazole rings is 1. The van der Waals surface area contributed by atoms with Crippen molar-refractivity contribution in [1.82, 2.24) is 9.29 Å². The van der Waals surface area contributed by atoms with Gasteiger partial charge in [0, 0.05) is 24.0 Å². The van der Waals surface area contributed by atoms with Crippen molar-refractivity contribution in [2.45, 2.75) is 12.8 Å². The van der Waals surface area contributed by atoms with Crippen LogP contribution in [-0.4, -0.2) is 49.8 Å². The largest absolute Gasteiger partial charge is 0.454 e. The van der Waals surface area contributed by atoms with Gasteiger partial charge in [0.1, 0.15) is 0 Å². The van der Waals surface area contributed by atoms with Gasteiger partial charge in [0.25, 0.3) is 0 Å². The number of sulfonamides is 1. The first-order valence-corrected chi connectivity index (χ1v) is 11.2. The molecule has 1 fully saturated rings. The summed E-state index contributed by atoms with van der Waals surface area (Å²) >= 11 is 1.33. The average Bonchev–Trinajstić information content (AvgIpc) is 3.29. The Hall–Kier alpha value is -2.17. The van der Waals surface area contributed by atoms with Gasteiger partial charge in [-0.1, -0.05) is 0 Å². The Morgan fingerprint density at radius 2 is 2.15 bits per heavy atom. The summed E-state index contributed by atoms with van der Waals surface area (Å²) in [6, 6.07) is 5.57. The molecule has 144 valence electrons. The third kappa shape index (κ3) is 3.92. The molecule has 1 aromatic carbocycles. The number of carbonyl (C=O) groups excluding carboxylic acids is 1. The van der Waals surface area contributed by atoms with Crippen molar-refractivity contribution >= 4 is 32.4 Å². The Morgan fingerprint density at radius 3 is 2.96 bits per heavy atom. The van der Waals surface area contributed by atoms with Crippen LogP contribution < -0.4 is 14.8 Å². The van der Waals surface area contributed by atoms with E-state index in [9.17, 15) is 13.2 Å². The molecule has 4 rings (SSSR count). The number of benzene rings is 1.